The number of benzene rings is 10. The number of hydrogen-bond acceptors (Lipinski definition) is 2. The maximum absolute atomic E-state index is 3.03. The van der Waals surface area contributed by atoms with Crippen LogP contribution in [0.25, 0.3) is 27.5 Å². The van der Waals surface area contributed by atoms with E-state index in [1.165, 1.54) is 42.6 Å². The molecule has 0 aliphatic heterocycles. The average molecular weight is 836 g/mol. The first-order chi connectivity index (χ1) is 31.8. The highest BCUT2D eigenvalue weighted by Crippen LogP contribution is 2.40. The lowest BCUT2D eigenvalue weighted by atomic mass is 10.1. The number of anilines is 6. The summed E-state index contributed by atoms with van der Waals surface area (Å²) in [6, 6.07) is 99.7. The third kappa shape index (κ3) is 6.87. The zero-order valence-electron chi connectivity index (χ0n) is 35.3. The Bertz CT molecular complexity index is 3240. The lowest BCUT2D eigenvalue weighted by molar-refractivity contribution is 1.18. The van der Waals surface area contributed by atoms with Crippen LogP contribution in [0.4, 0.5) is 34.1 Å². The fraction of sp³-hybridized carbons (Fsp3) is 0. The Hall–Kier alpha value is -8.18. The largest absolute Gasteiger partial charge is 0.311 e. The molecule has 0 saturated heterocycles. The minimum absolute atomic E-state index is 1.10. The number of para-hydroxylation sites is 5. The van der Waals surface area contributed by atoms with Crippen molar-refractivity contribution in [1.29, 1.82) is 0 Å². The van der Waals surface area contributed by atoms with Crippen molar-refractivity contribution in [1.82, 2.24) is 4.57 Å². The number of aromatic nitrogens is 1. The minimum Gasteiger partial charge on any atom is -0.311 e. The van der Waals surface area contributed by atoms with E-state index in [2.05, 4.69) is 287 Å². The van der Waals surface area contributed by atoms with E-state index in [-0.39, 0.29) is 0 Å². The predicted molar refractivity (Wildman–Crippen MR) is 274 cm³/mol. The molecule has 3 nitrogen and oxygen atoms in total. The average Bonchev–Trinajstić information content (AvgIpc) is 3.70. The van der Waals surface area contributed by atoms with E-state index in [9.17, 15) is 0 Å². The molecule has 10 aromatic carbocycles. The molecule has 11 aromatic rings. The van der Waals surface area contributed by atoms with Gasteiger partial charge in [-0.25, -0.2) is 0 Å². The zero-order chi connectivity index (χ0) is 42.7. The van der Waals surface area contributed by atoms with Crippen molar-refractivity contribution in [3.63, 3.8) is 0 Å². The molecular weight excluding hydrogens is 791 g/mol. The Kier molecular flexibility index (Phi) is 10.2. The molecule has 304 valence electrons. The van der Waals surface area contributed by atoms with Gasteiger partial charge in [-0.2, -0.15) is 0 Å². The highest BCUT2D eigenvalue weighted by atomic mass is 28.3. The first kappa shape index (κ1) is 38.7. The van der Waals surface area contributed by atoms with Gasteiger partial charge in [-0.15, -0.1) is 0 Å². The van der Waals surface area contributed by atoms with Crippen LogP contribution in [0, 0.1) is 0 Å². The summed E-state index contributed by atoms with van der Waals surface area (Å²) in [4.78, 5) is 4.80. The van der Waals surface area contributed by atoms with Crippen molar-refractivity contribution in [2.45, 2.75) is 0 Å². The Balaban J connectivity index is 1.14. The van der Waals surface area contributed by atoms with E-state index in [1.807, 2.05) is 0 Å². The maximum Gasteiger partial charge on any atom is 0.179 e. The fourth-order valence-corrected chi connectivity index (χ4v) is 14.5. The summed E-state index contributed by atoms with van der Waals surface area (Å²) < 4.78 is 2.38. The molecule has 0 fully saturated rings. The van der Waals surface area contributed by atoms with Crippen molar-refractivity contribution >= 4 is 84.8 Å². The molecule has 0 aliphatic carbocycles. The second-order valence-electron chi connectivity index (χ2n) is 16.1. The van der Waals surface area contributed by atoms with Crippen LogP contribution in [-0.2, 0) is 0 Å². The van der Waals surface area contributed by atoms with Crippen LogP contribution in [0.2, 0.25) is 0 Å². The fourth-order valence-electron chi connectivity index (χ4n) is 9.71. The summed E-state index contributed by atoms with van der Waals surface area (Å²) in [5, 5.41) is 7.69. The number of nitrogens with zero attached hydrogens (tertiary/aromatic N) is 3. The summed E-state index contributed by atoms with van der Waals surface area (Å²) in [5.74, 6) is 0. The van der Waals surface area contributed by atoms with Gasteiger partial charge in [0.1, 0.15) is 0 Å². The van der Waals surface area contributed by atoms with Crippen LogP contribution in [0.3, 0.4) is 0 Å². The van der Waals surface area contributed by atoms with Crippen molar-refractivity contribution in [3.8, 4) is 5.69 Å². The molecule has 0 bridgehead atoms. The molecule has 64 heavy (non-hydrogen) atoms. The van der Waals surface area contributed by atoms with Crippen molar-refractivity contribution in [2.24, 2.45) is 0 Å². The Labute approximate surface area is 376 Å². The van der Waals surface area contributed by atoms with Gasteiger partial charge in [0, 0.05) is 50.6 Å². The highest BCUT2D eigenvalue weighted by Gasteiger charge is 2.42. The standard InChI is InChI=1S/C60H45N3Si/c1-7-23-46(24-8-1)61(47-25-9-2-10-26-47)50-31-21-37-55(43-50)64(53-33-15-5-16-34-53,54-35-17-6-18-36-54)56-38-22-32-51(44-56)62(48-27-11-3-12-28-48)52-41-42-60-58(45-52)57-39-19-20-40-59(57)63(60)49-29-13-4-14-30-49/h1-45H. The quantitative estimate of drug-likeness (QED) is 0.0950. The molecule has 0 aliphatic rings. The van der Waals surface area contributed by atoms with Gasteiger partial charge in [-0.05, 0) is 118 Å². The first-order valence-corrected chi connectivity index (χ1v) is 23.9. The number of rotatable bonds is 11. The smallest absolute Gasteiger partial charge is 0.179 e. The van der Waals surface area contributed by atoms with E-state index in [1.54, 1.807) is 0 Å². The second-order valence-corrected chi connectivity index (χ2v) is 20.0. The Morgan fingerprint density at radius 3 is 1.11 bits per heavy atom. The third-order valence-corrected chi connectivity index (χ3v) is 17.2. The molecule has 11 rings (SSSR count). The summed E-state index contributed by atoms with van der Waals surface area (Å²) in [5.41, 5.74) is 10.2. The van der Waals surface area contributed by atoms with E-state index in [0.29, 0.717) is 0 Å². The number of hydrogen-bond donors (Lipinski definition) is 0. The summed E-state index contributed by atoms with van der Waals surface area (Å²) in [6.45, 7) is 0. The highest BCUT2D eigenvalue weighted by molar-refractivity contribution is 7.20. The molecule has 0 saturated carbocycles. The van der Waals surface area contributed by atoms with Crippen molar-refractivity contribution in [2.75, 3.05) is 9.80 Å². The van der Waals surface area contributed by atoms with Crippen LogP contribution < -0.4 is 30.5 Å². The molecule has 0 radical (unpaired) electrons. The van der Waals surface area contributed by atoms with Crippen LogP contribution >= 0.6 is 0 Å². The minimum atomic E-state index is -3.03. The van der Waals surface area contributed by atoms with Crippen LogP contribution in [-0.4, -0.2) is 12.6 Å². The van der Waals surface area contributed by atoms with Crippen molar-refractivity contribution in [3.05, 3.63) is 273 Å². The first-order valence-electron chi connectivity index (χ1n) is 21.9. The molecule has 1 heterocycles. The Morgan fingerprint density at radius 1 is 0.250 bits per heavy atom. The Morgan fingerprint density at radius 2 is 0.609 bits per heavy atom. The van der Waals surface area contributed by atoms with E-state index < -0.39 is 8.07 Å². The van der Waals surface area contributed by atoms with E-state index >= 15 is 0 Å². The lowest BCUT2D eigenvalue weighted by Gasteiger charge is -2.36. The van der Waals surface area contributed by atoms with Crippen LogP contribution in [0.15, 0.2) is 273 Å². The normalized spacial score (nSPS) is 11.4. The van der Waals surface area contributed by atoms with Gasteiger partial charge in [0.05, 0.1) is 11.0 Å². The summed E-state index contributed by atoms with van der Waals surface area (Å²) in [6.07, 6.45) is 0. The molecule has 0 unspecified atom stereocenters. The van der Waals surface area contributed by atoms with Gasteiger partial charge in [0.25, 0.3) is 0 Å². The van der Waals surface area contributed by atoms with Crippen molar-refractivity contribution < 1.29 is 0 Å². The maximum atomic E-state index is 2.47. The van der Waals surface area contributed by atoms with E-state index in [4.69, 9.17) is 0 Å². The summed E-state index contributed by atoms with van der Waals surface area (Å²) in [7, 11) is -3.03. The van der Waals surface area contributed by atoms with E-state index in [0.717, 1.165) is 39.8 Å². The van der Waals surface area contributed by atoms with Crippen LogP contribution in [0.5, 0.6) is 0 Å². The van der Waals surface area contributed by atoms with Gasteiger partial charge in [-0.3, -0.25) is 0 Å². The summed E-state index contributed by atoms with van der Waals surface area (Å²) >= 11 is 0. The lowest BCUT2D eigenvalue weighted by Crippen LogP contribution is -2.74. The second kappa shape index (κ2) is 16.9. The zero-order valence-corrected chi connectivity index (χ0v) is 36.3. The van der Waals surface area contributed by atoms with Gasteiger partial charge in [-0.1, -0.05) is 176 Å². The van der Waals surface area contributed by atoms with Gasteiger partial charge >= 0.3 is 0 Å². The molecule has 0 amide bonds. The van der Waals surface area contributed by atoms with Gasteiger partial charge in [0.2, 0.25) is 0 Å². The molecule has 0 spiro atoms. The molecular formula is C60H45N3Si. The topological polar surface area (TPSA) is 11.4 Å². The van der Waals surface area contributed by atoms with Crippen LogP contribution in [0.1, 0.15) is 0 Å². The van der Waals surface area contributed by atoms with Gasteiger partial charge < -0.3 is 14.4 Å². The predicted octanol–water partition coefficient (Wildman–Crippen LogP) is 13.1. The molecule has 0 N–H and O–H groups in total. The molecule has 4 heteroatoms. The third-order valence-electron chi connectivity index (χ3n) is 12.5. The molecule has 1 aromatic heterocycles. The monoisotopic (exact) mass is 835 g/mol. The number of fused-ring (bicyclic) bond motifs is 3. The molecule has 0 atom stereocenters. The van der Waals surface area contributed by atoms with Gasteiger partial charge in [0.15, 0.2) is 8.07 Å². The SMILES string of the molecule is c1ccc(N(c2ccccc2)c2cccc([Si](c3ccccc3)(c3ccccc3)c3cccc(N(c4ccccc4)c4ccc5c(c4)c4ccccc4n5-c4ccccc4)c3)c2)cc1.